The first-order valence-electron chi connectivity index (χ1n) is 10.9. The molecule has 0 spiro atoms. The number of para-hydroxylation sites is 1. The minimum Gasteiger partial charge on any atom is -0.460 e. The van der Waals surface area contributed by atoms with Crippen molar-refractivity contribution >= 4 is 17.5 Å². The van der Waals surface area contributed by atoms with Gasteiger partial charge in [-0.05, 0) is 63.2 Å². The third-order valence-electron chi connectivity index (χ3n) is 5.37. The molecular formula is C26H26N4O3. The second kappa shape index (κ2) is 9.56. The van der Waals surface area contributed by atoms with Crippen LogP contribution < -0.4 is 5.32 Å². The van der Waals surface area contributed by atoms with Crippen molar-refractivity contribution in [3.05, 3.63) is 89.8 Å². The number of carbonyl (C=O) groups is 2. The van der Waals surface area contributed by atoms with Crippen molar-refractivity contribution in [1.82, 2.24) is 14.7 Å². The molecule has 0 saturated carbocycles. The van der Waals surface area contributed by atoms with E-state index < -0.39 is 0 Å². The third kappa shape index (κ3) is 4.72. The van der Waals surface area contributed by atoms with Gasteiger partial charge in [-0.15, -0.1) is 0 Å². The number of nitrogens with zero attached hydrogens (tertiary/aromatic N) is 3. The highest BCUT2D eigenvalue weighted by molar-refractivity contribution is 6.08. The Hall–Kier alpha value is -4.13. The van der Waals surface area contributed by atoms with Crippen molar-refractivity contribution < 1.29 is 14.0 Å². The van der Waals surface area contributed by atoms with Crippen LogP contribution in [-0.4, -0.2) is 39.6 Å². The average molecular weight is 443 g/mol. The SMILES string of the molecule is CCN(CC)C(=O)c1cccc(NC(=O)c2cn(-c3ccccc3)nc2-c2ccc(C)o2)c1. The van der Waals surface area contributed by atoms with Crippen LogP contribution in [0.2, 0.25) is 0 Å². The standard InChI is InChI=1S/C26H26N4O3/c1-4-29(5-2)26(32)19-10-9-11-20(16-19)27-25(31)22-17-30(21-12-7-6-8-13-21)28-24(22)23-15-14-18(3)33-23/h6-17H,4-5H2,1-3H3,(H,27,31). The summed E-state index contributed by atoms with van der Waals surface area (Å²) in [4.78, 5) is 27.7. The smallest absolute Gasteiger partial charge is 0.259 e. The number of hydrogen-bond acceptors (Lipinski definition) is 4. The van der Waals surface area contributed by atoms with Crippen LogP contribution in [-0.2, 0) is 0 Å². The summed E-state index contributed by atoms with van der Waals surface area (Å²) < 4.78 is 7.41. The first-order chi connectivity index (χ1) is 16.0. The average Bonchev–Trinajstić information content (AvgIpc) is 3.47. The lowest BCUT2D eigenvalue weighted by Gasteiger charge is -2.19. The zero-order valence-electron chi connectivity index (χ0n) is 18.9. The van der Waals surface area contributed by atoms with Crippen LogP contribution >= 0.6 is 0 Å². The molecule has 2 heterocycles. The molecular weight excluding hydrogens is 416 g/mol. The predicted octanol–water partition coefficient (Wildman–Crippen LogP) is 5.18. The lowest BCUT2D eigenvalue weighted by Crippen LogP contribution is -2.30. The molecule has 4 aromatic rings. The normalized spacial score (nSPS) is 10.8. The number of aromatic nitrogens is 2. The first kappa shape index (κ1) is 22.1. The molecule has 4 rings (SSSR count). The number of hydrogen-bond donors (Lipinski definition) is 1. The van der Waals surface area contributed by atoms with Crippen LogP contribution in [0.25, 0.3) is 17.1 Å². The molecule has 168 valence electrons. The summed E-state index contributed by atoms with van der Waals surface area (Å²) >= 11 is 0. The number of aryl methyl sites for hydroxylation is 1. The van der Waals surface area contributed by atoms with Crippen molar-refractivity contribution in [3.63, 3.8) is 0 Å². The topological polar surface area (TPSA) is 80.4 Å². The van der Waals surface area contributed by atoms with Crippen LogP contribution in [0.1, 0.15) is 40.3 Å². The van der Waals surface area contributed by atoms with Crippen LogP contribution in [0, 0.1) is 6.92 Å². The van der Waals surface area contributed by atoms with E-state index in [1.54, 1.807) is 46.1 Å². The van der Waals surface area contributed by atoms with Gasteiger partial charge in [0.05, 0.1) is 11.3 Å². The van der Waals surface area contributed by atoms with Gasteiger partial charge in [0.15, 0.2) is 5.76 Å². The largest absolute Gasteiger partial charge is 0.460 e. The molecule has 1 N–H and O–H groups in total. The maximum Gasteiger partial charge on any atom is 0.259 e. The Kier molecular flexibility index (Phi) is 6.40. The fraction of sp³-hybridized carbons (Fsp3) is 0.192. The Morgan fingerprint density at radius 3 is 2.42 bits per heavy atom. The van der Waals surface area contributed by atoms with E-state index >= 15 is 0 Å². The molecule has 7 heteroatoms. The van der Waals surface area contributed by atoms with Gasteiger partial charge in [0.25, 0.3) is 11.8 Å². The molecule has 2 aromatic carbocycles. The third-order valence-corrected chi connectivity index (χ3v) is 5.37. The number of amides is 2. The van der Waals surface area contributed by atoms with Gasteiger partial charge in [-0.1, -0.05) is 24.3 Å². The summed E-state index contributed by atoms with van der Waals surface area (Å²) in [6.07, 6.45) is 1.68. The van der Waals surface area contributed by atoms with E-state index in [1.807, 2.05) is 57.2 Å². The quantitative estimate of drug-likeness (QED) is 0.428. The van der Waals surface area contributed by atoms with Crippen LogP contribution in [0.5, 0.6) is 0 Å². The summed E-state index contributed by atoms with van der Waals surface area (Å²) in [5.41, 5.74) is 2.70. The van der Waals surface area contributed by atoms with Crippen molar-refractivity contribution in [2.24, 2.45) is 0 Å². The molecule has 33 heavy (non-hydrogen) atoms. The monoisotopic (exact) mass is 442 g/mol. The van der Waals surface area contributed by atoms with E-state index in [4.69, 9.17) is 4.42 Å². The summed E-state index contributed by atoms with van der Waals surface area (Å²) in [5, 5.41) is 7.52. The van der Waals surface area contributed by atoms with Crippen molar-refractivity contribution in [3.8, 4) is 17.1 Å². The van der Waals surface area contributed by atoms with E-state index in [0.717, 1.165) is 11.4 Å². The number of anilines is 1. The zero-order valence-corrected chi connectivity index (χ0v) is 18.9. The van der Waals surface area contributed by atoms with Gasteiger partial charge in [0.1, 0.15) is 11.5 Å². The predicted molar refractivity (Wildman–Crippen MR) is 128 cm³/mol. The van der Waals surface area contributed by atoms with Gasteiger partial charge < -0.3 is 14.6 Å². The highest BCUT2D eigenvalue weighted by Gasteiger charge is 2.21. The lowest BCUT2D eigenvalue weighted by atomic mass is 10.1. The highest BCUT2D eigenvalue weighted by atomic mass is 16.3. The summed E-state index contributed by atoms with van der Waals surface area (Å²) in [6.45, 7) is 6.97. The molecule has 2 aromatic heterocycles. The molecule has 0 radical (unpaired) electrons. The molecule has 0 aliphatic heterocycles. The number of nitrogens with one attached hydrogen (secondary N) is 1. The Morgan fingerprint density at radius 2 is 1.76 bits per heavy atom. The highest BCUT2D eigenvalue weighted by Crippen LogP contribution is 2.26. The fourth-order valence-corrected chi connectivity index (χ4v) is 3.62. The number of benzene rings is 2. The van der Waals surface area contributed by atoms with Crippen molar-refractivity contribution in [2.75, 3.05) is 18.4 Å². The van der Waals surface area contributed by atoms with Gasteiger partial charge >= 0.3 is 0 Å². The van der Waals surface area contributed by atoms with Gasteiger partial charge in [-0.2, -0.15) is 5.10 Å². The van der Waals surface area contributed by atoms with Crippen LogP contribution in [0.4, 0.5) is 5.69 Å². The number of furan rings is 1. The van der Waals surface area contributed by atoms with Gasteiger partial charge in [0, 0.05) is 30.5 Å². The second-order valence-corrected chi connectivity index (χ2v) is 7.59. The Morgan fingerprint density at radius 1 is 1.00 bits per heavy atom. The Bertz CT molecular complexity index is 1270. The van der Waals surface area contributed by atoms with E-state index in [9.17, 15) is 9.59 Å². The second-order valence-electron chi connectivity index (χ2n) is 7.59. The van der Waals surface area contributed by atoms with Gasteiger partial charge in [-0.25, -0.2) is 4.68 Å². The van der Waals surface area contributed by atoms with E-state index in [0.29, 0.717) is 41.4 Å². The van der Waals surface area contributed by atoms with Crippen molar-refractivity contribution in [2.45, 2.75) is 20.8 Å². The molecule has 2 amide bonds. The molecule has 7 nitrogen and oxygen atoms in total. The van der Waals surface area contributed by atoms with E-state index in [1.165, 1.54) is 0 Å². The minimum absolute atomic E-state index is 0.0697. The summed E-state index contributed by atoms with van der Waals surface area (Å²) in [5.74, 6) is 0.833. The van der Waals surface area contributed by atoms with Gasteiger partial charge in [-0.3, -0.25) is 9.59 Å². The number of rotatable bonds is 7. The molecule has 0 bridgehead atoms. The molecule has 0 fully saturated rings. The van der Waals surface area contributed by atoms with E-state index in [-0.39, 0.29) is 11.8 Å². The zero-order chi connectivity index (χ0) is 23.4. The minimum atomic E-state index is -0.339. The van der Waals surface area contributed by atoms with E-state index in [2.05, 4.69) is 10.4 Å². The fourth-order valence-electron chi connectivity index (χ4n) is 3.62. The Labute approximate surface area is 192 Å². The van der Waals surface area contributed by atoms with Crippen LogP contribution in [0.15, 0.2) is 77.3 Å². The molecule has 0 aliphatic carbocycles. The molecule has 0 unspecified atom stereocenters. The molecule has 0 saturated heterocycles. The summed E-state index contributed by atoms with van der Waals surface area (Å²) in [7, 11) is 0. The molecule has 0 aliphatic rings. The van der Waals surface area contributed by atoms with Gasteiger partial charge in [0.2, 0.25) is 0 Å². The molecule has 0 atom stereocenters. The first-order valence-corrected chi connectivity index (χ1v) is 10.9. The number of carbonyl (C=O) groups excluding carboxylic acids is 2. The maximum absolute atomic E-state index is 13.3. The Balaban J connectivity index is 1.66. The maximum atomic E-state index is 13.3. The lowest BCUT2D eigenvalue weighted by molar-refractivity contribution is 0.0772. The summed E-state index contributed by atoms with van der Waals surface area (Å²) in [6, 6.07) is 20.2. The van der Waals surface area contributed by atoms with Crippen LogP contribution in [0.3, 0.4) is 0 Å². The van der Waals surface area contributed by atoms with Crippen molar-refractivity contribution in [1.29, 1.82) is 0 Å².